The van der Waals surface area contributed by atoms with Crippen LogP contribution in [0, 0.1) is 11.7 Å². The molecule has 0 aliphatic heterocycles. The van der Waals surface area contributed by atoms with Crippen molar-refractivity contribution < 1.29 is 9.18 Å². The summed E-state index contributed by atoms with van der Waals surface area (Å²) in [6.07, 6.45) is 2.30. The van der Waals surface area contributed by atoms with Crippen molar-refractivity contribution in [3.63, 3.8) is 0 Å². The van der Waals surface area contributed by atoms with Gasteiger partial charge >= 0.3 is 0 Å². The van der Waals surface area contributed by atoms with Crippen molar-refractivity contribution in [1.82, 2.24) is 0 Å². The molecule has 0 saturated heterocycles. The fraction of sp³-hybridized carbons (Fsp3) is 0.500. The van der Waals surface area contributed by atoms with Gasteiger partial charge in [0.2, 0.25) is 0 Å². The Bertz CT molecular complexity index is 342. The van der Waals surface area contributed by atoms with Crippen molar-refractivity contribution >= 4 is 6.29 Å². The Labute approximate surface area is 96.7 Å². The summed E-state index contributed by atoms with van der Waals surface area (Å²) in [5, 5.41) is 0. The number of benzene rings is 1. The number of hydrogen-bond acceptors (Lipinski definition) is 1. The quantitative estimate of drug-likeness (QED) is 0.694. The third-order valence-corrected chi connectivity index (χ3v) is 3.56. The van der Waals surface area contributed by atoms with Gasteiger partial charge in [-0.05, 0) is 35.4 Å². The van der Waals surface area contributed by atoms with Crippen LogP contribution in [-0.4, -0.2) is 6.29 Å². The van der Waals surface area contributed by atoms with Crippen LogP contribution in [0.15, 0.2) is 24.3 Å². The summed E-state index contributed by atoms with van der Waals surface area (Å²) in [5.41, 5.74) is 1.04. The predicted molar refractivity (Wildman–Crippen MR) is 63.9 cm³/mol. The topological polar surface area (TPSA) is 17.1 Å². The fourth-order valence-electron chi connectivity index (χ4n) is 1.96. The molecule has 0 N–H and O–H groups in total. The maximum Gasteiger partial charge on any atom is 0.123 e. The molecule has 1 nitrogen and oxygen atoms in total. The van der Waals surface area contributed by atoms with E-state index in [1.807, 2.05) is 12.1 Å². The molecule has 1 rings (SSSR count). The van der Waals surface area contributed by atoms with Gasteiger partial charge in [0.1, 0.15) is 12.1 Å². The molecule has 16 heavy (non-hydrogen) atoms. The summed E-state index contributed by atoms with van der Waals surface area (Å²) >= 11 is 0. The van der Waals surface area contributed by atoms with E-state index in [1.165, 1.54) is 12.1 Å². The summed E-state index contributed by atoms with van der Waals surface area (Å²) in [7, 11) is 0. The molecule has 0 radical (unpaired) electrons. The Morgan fingerprint density at radius 1 is 1.31 bits per heavy atom. The van der Waals surface area contributed by atoms with Crippen molar-refractivity contribution in [2.75, 3.05) is 0 Å². The first-order valence-electron chi connectivity index (χ1n) is 5.70. The number of halogens is 1. The monoisotopic (exact) mass is 222 g/mol. The fourth-order valence-corrected chi connectivity index (χ4v) is 1.96. The Kier molecular flexibility index (Phi) is 4.22. The first-order chi connectivity index (χ1) is 7.50. The lowest BCUT2D eigenvalue weighted by Gasteiger charge is -2.34. The number of hydrogen-bond donors (Lipinski definition) is 0. The van der Waals surface area contributed by atoms with Gasteiger partial charge in [-0.25, -0.2) is 4.39 Å². The maximum atomic E-state index is 12.9. The smallest absolute Gasteiger partial charge is 0.123 e. The second-order valence-corrected chi connectivity index (χ2v) is 4.78. The molecule has 0 saturated carbocycles. The van der Waals surface area contributed by atoms with Gasteiger partial charge in [-0.3, -0.25) is 0 Å². The second-order valence-electron chi connectivity index (χ2n) is 4.78. The molecule has 1 aromatic rings. The molecule has 1 atom stereocenters. The van der Waals surface area contributed by atoms with Crippen molar-refractivity contribution in [3.05, 3.63) is 35.6 Å². The zero-order valence-electron chi connectivity index (χ0n) is 10.2. The number of rotatable bonds is 5. The second kappa shape index (κ2) is 5.24. The first-order valence-corrected chi connectivity index (χ1v) is 5.70. The molecule has 0 aliphatic rings. The predicted octanol–water partition coefficient (Wildman–Crippen LogP) is 3.72. The van der Waals surface area contributed by atoms with E-state index >= 15 is 0 Å². The van der Waals surface area contributed by atoms with Gasteiger partial charge in [-0.15, -0.1) is 0 Å². The van der Waals surface area contributed by atoms with E-state index in [1.54, 1.807) is 0 Å². The molecule has 1 aromatic carbocycles. The average molecular weight is 222 g/mol. The van der Waals surface area contributed by atoms with E-state index in [4.69, 9.17) is 0 Å². The molecule has 0 spiro atoms. The van der Waals surface area contributed by atoms with Crippen LogP contribution >= 0.6 is 0 Å². The highest BCUT2D eigenvalue weighted by molar-refractivity contribution is 5.49. The van der Waals surface area contributed by atoms with Crippen molar-refractivity contribution in [2.24, 2.45) is 5.92 Å². The van der Waals surface area contributed by atoms with Crippen LogP contribution in [0.3, 0.4) is 0 Å². The highest BCUT2D eigenvalue weighted by Gasteiger charge is 2.29. The molecular formula is C14H19FO. The van der Waals surface area contributed by atoms with Crippen LogP contribution in [-0.2, 0) is 10.2 Å². The van der Waals surface area contributed by atoms with Crippen LogP contribution in [0.2, 0.25) is 0 Å². The number of carbonyl (C=O) groups is 1. The first kappa shape index (κ1) is 12.9. The van der Waals surface area contributed by atoms with Crippen molar-refractivity contribution in [2.45, 2.75) is 39.0 Å². The van der Waals surface area contributed by atoms with Gasteiger partial charge in [0, 0.05) is 6.42 Å². The molecule has 2 heteroatoms. The van der Waals surface area contributed by atoms with E-state index in [-0.39, 0.29) is 11.2 Å². The highest BCUT2D eigenvalue weighted by atomic mass is 19.1. The summed E-state index contributed by atoms with van der Waals surface area (Å²) in [4.78, 5) is 10.5. The molecule has 88 valence electrons. The molecule has 0 aromatic heterocycles. The molecular weight excluding hydrogens is 203 g/mol. The minimum Gasteiger partial charge on any atom is -0.303 e. The van der Waals surface area contributed by atoms with Gasteiger partial charge < -0.3 is 4.79 Å². The van der Waals surface area contributed by atoms with Gasteiger partial charge in [-0.1, -0.05) is 32.9 Å². The van der Waals surface area contributed by atoms with E-state index < -0.39 is 0 Å². The summed E-state index contributed by atoms with van der Waals surface area (Å²) in [5.74, 6) is 0.197. The minimum absolute atomic E-state index is 0.0609. The van der Waals surface area contributed by atoms with Gasteiger partial charge in [0.25, 0.3) is 0 Å². The number of carbonyl (C=O) groups excluding carboxylic acids is 1. The largest absolute Gasteiger partial charge is 0.303 e. The van der Waals surface area contributed by atoms with Gasteiger partial charge in [0.05, 0.1) is 0 Å². The summed E-state index contributed by atoms with van der Waals surface area (Å²) < 4.78 is 12.9. The van der Waals surface area contributed by atoms with E-state index in [0.29, 0.717) is 12.3 Å². The van der Waals surface area contributed by atoms with Crippen LogP contribution in [0.1, 0.15) is 39.2 Å². The minimum atomic E-state index is -0.217. The number of aldehydes is 1. The van der Waals surface area contributed by atoms with Gasteiger partial charge in [-0.2, -0.15) is 0 Å². The Morgan fingerprint density at radius 3 is 2.31 bits per heavy atom. The molecule has 0 amide bonds. The molecule has 0 bridgehead atoms. The zero-order valence-corrected chi connectivity index (χ0v) is 10.2. The molecule has 0 fully saturated rings. The SMILES string of the molecule is CC(C)C(C)(CCC=O)c1ccc(F)cc1. The van der Waals surface area contributed by atoms with E-state index in [9.17, 15) is 9.18 Å². The van der Waals surface area contributed by atoms with E-state index in [2.05, 4.69) is 20.8 Å². The lowest BCUT2D eigenvalue weighted by Crippen LogP contribution is -2.28. The highest BCUT2D eigenvalue weighted by Crippen LogP contribution is 2.36. The summed E-state index contributed by atoms with van der Waals surface area (Å²) in [6.45, 7) is 6.40. The lowest BCUT2D eigenvalue weighted by molar-refractivity contribution is -0.108. The molecule has 0 heterocycles. The maximum absolute atomic E-state index is 12.9. The standard InChI is InChI=1S/C14H19FO/c1-11(2)14(3,9-4-10-16)12-5-7-13(15)8-6-12/h5-8,10-11H,4,9H2,1-3H3. The average Bonchev–Trinajstić information content (AvgIpc) is 2.26. The van der Waals surface area contributed by atoms with Crippen molar-refractivity contribution in [3.8, 4) is 0 Å². The van der Waals surface area contributed by atoms with Crippen LogP contribution in [0.5, 0.6) is 0 Å². The Morgan fingerprint density at radius 2 is 1.88 bits per heavy atom. The normalized spacial score (nSPS) is 14.8. The third kappa shape index (κ3) is 2.69. The Balaban J connectivity index is 3.00. The van der Waals surface area contributed by atoms with Crippen molar-refractivity contribution in [1.29, 1.82) is 0 Å². The summed E-state index contributed by atoms with van der Waals surface area (Å²) in [6, 6.07) is 6.61. The lowest BCUT2D eigenvalue weighted by atomic mass is 9.70. The van der Waals surface area contributed by atoms with E-state index in [0.717, 1.165) is 18.3 Å². The molecule has 0 aliphatic carbocycles. The zero-order chi connectivity index (χ0) is 12.2. The van der Waals surface area contributed by atoms with Crippen LogP contribution in [0.4, 0.5) is 4.39 Å². The van der Waals surface area contributed by atoms with Crippen LogP contribution < -0.4 is 0 Å². The van der Waals surface area contributed by atoms with Gasteiger partial charge in [0.15, 0.2) is 0 Å². The van der Waals surface area contributed by atoms with Crippen LogP contribution in [0.25, 0.3) is 0 Å². The third-order valence-electron chi connectivity index (χ3n) is 3.56. The Hall–Kier alpha value is -1.18. The molecule has 1 unspecified atom stereocenters.